The predicted molar refractivity (Wildman–Crippen MR) is 72.5 cm³/mol. The van der Waals surface area contributed by atoms with Crippen LogP contribution in [0.25, 0.3) is 5.69 Å². The van der Waals surface area contributed by atoms with Crippen molar-refractivity contribution in [1.29, 1.82) is 0 Å². The van der Waals surface area contributed by atoms with Crippen LogP contribution in [0.4, 0.5) is 0 Å². The molecule has 0 saturated carbocycles. The van der Waals surface area contributed by atoms with Crippen molar-refractivity contribution in [2.24, 2.45) is 0 Å². The van der Waals surface area contributed by atoms with E-state index in [1.807, 2.05) is 20.8 Å². The number of benzene rings is 1. The van der Waals surface area contributed by atoms with Gasteiger partial charge in [-0.2, -0.15) is 4.68 Å². The number of hydrogen-bond donors (Lipinski definition) is 1. The van der Waals surface area contributed by atoms with E-state index in [0.29, 0.717) is 11.5 Å². The summed E-state index contributed by atoms with van der Waals surface area (Å²) in [6, 6.07) is 4.89. The second kappa shape index (κ2) is 4.73. The lowest BCUT2D eigenvalue weighted by Crippen LogP contribution is -2.20. The third kappa shape index (κ3) is 2.65. The summed E-state index contributed by atoms with van der Waals surface area (Å²) in [6.07, 6.45) is 0. The third-order valence-corrected chi connectivity index (χ3v) is 3.05. The Labute approximate surface area is 118 Å². The van der Waals surface area contributed by atoms with E-state index < -0.39 is 5.97 Å². The summed E-state index contributed by atoms with van der Waals surface area (Å²) in [5, 5.41) is 20.8. The molecule has 7 heteroatoms. The van der Waals surface area contributed by atoms with Gasteiger partial charge in [0.25, 0.3) is 0 Å². The van der Waals surface area contributed by atoms with Crippen molar-refractivity contribution >= 4 is 21.9 Å². The second-order valence-corrected chi connectivity index (χ2v) is 6.05. The maximum atomic E-state index is 11.3. The molecule has 0 fully saturated rings. The van der Waals surface area contributed by atoms with Crippen LogP contribution in [0, 0.1) is 0 Å². The molecule has 1 heterocycles. The zero-order valence-electron chi connectivity index (χ0n) is 10.8. The fraction of sp³-hybridized carbons (Fsp3) is 0.333. The minimum atomic E-state index is -1.02. The first kappa shape index (κ1) is 13.7. The van der Waals surface area contributed by atoms with E-state index in [2.05, 4.69) is 31.5 Å². The van der Waals surface area contributed by atoms with Gasteiger partial charge in [0.2, 0.25) is 0 Å². The molecule has 0 saturated heterocycles. The summed E-state index contributed by atoms with van der Waals surface area (Å²) in [6.45, 7) is 5.90. The van der Waals surface area contributed by atoms with Gasteiger partial charge in [0.1, 0.15) is 0 Å². The van der Waals surface area contributed by atoms with Crippen molar-refractivity contribution in [3.8, 4) is 5.69 Å². The molecular formula is C12H13BrN4O2. The van der Waals surface area contributed by atoms with Crippen LogP contribution in [0.15, 0.2) is 22.7 Å². The molecular weight excluding hydrogens is 312 g/mol. The van der Waals surface area contributed by atoms with Crippen LogP contribution in [0.1, 0.15) is 37.0 Å². The predicted octanol–water partition coefficient (Wildman–Crippen LogP) is 2.42. The molecule has 2 rings (SSSR count). The van der Waals surface area contributed by atoms with Gasteiger partial charge in [-0.3, -0.25) is 0 Å². The zero-order chi connectivity index (χ0) is 14.2. The smallest absolute Gasteiger partial charge is 0.337 e. The van der Waals surface area contributed by atoms with Crippen molar-refractivity contribution < 1.29 is 9.90 Å². The topological polar surface area (TPSA) is 80.9 Å². The van der Waals surface area contributed by atoms with Crippen LogP contribution in [-0.4, -0.2) is 31.3 Å². The largest absolute Gasteiger partial charge is 0.478 e. The standard InChI is InChI=1S/C12H13BrN4O2/c1-12(2,3)11-14-15-16-17(11)9-6-7(13)4-5-8(9)10(18)19/h4-6H,1-3H3,(H,18,19). The minimum Gasteiger partial charge on any atom is -0.478 e. The Morgan fingerprint density at radius 3 is 2.63 bits per heavy atom. The van der Waals surface area contributed by atoms with Crippen LogP contribution < -0.4 is 0 Å². The number of carboxylic acid groups (broad SMARTS) is 1. The molecule has 1 aromatic carbocycles. The summed E-state index contributed by atoms with van der Waals surface area (Å²) in [4.78, 5) is 11.3. The summed E-state index contributed by atoms with van der Waals surface area (Å²) < 4.78 is 2.23. The van der Waals surface area contributed by atoms with Gasteiger partial charge in [-0.15, -0.1) is 5.10 Å². The first-order valence-electron chi connectivity index (χ1n) is 5.63. The van der Waals surface area contributed by atoms with Crippen LogP contribution >= 0.6 is 15.9 Å². The maximum Gasteiger partial charge on any atom is 0.337 e. The highest BCUT2D eigenvalue weighted by Crippen LogP contribution is 2.25. The van der Waals surface area contributed by atoms with Crippen molar-refractivity contribution in [2.75, 3.05) is 0 Å². The number of hydrogen-bond acceptors (Lipinski definition) is 4. The van der Waals surface area contributed by atoms with Crippen LogP contribution in [0.5, 0.6) is 0 Å². The van der Waals surface area contributed by atoms with E-state index in [1.165, 1.54) is 10.7 Å². The number of aromatic carboxylic acids is 1. The Morgan fingerprint density at radius 1 is 1.37 bits per heavy atom. The Bertz CT molecular complexity index is 631. The number of aromatic nitrogens is 4. The minimum absolute atomic E-state index is 0.154. The first-order valence-corrected chi connectivity index (χ1v) is 6.42. The average Bonchev–Trinajstić information content (AvgIpc) is 2.76. The fourth-order valence-corrected chi connectivity index (χ4v) is 2.03. The summed E-state index contributed by atoms with van der Waals surface area (Å²) >= 11 is 3.33. The Hall–Kier alpha value is -1.76. The van der Waals surface area contributed by atoms with E-state index in [-0.39, 0.29) is 11.0 Å². The van der Waals surface area contributed by atoms with Gasteiger partial charge in [0.15, 0.2) is 5.82 Å². The zero-order valence-corrected chi connectivity index (χ0v) is 12.3. The Balaban J connectivity index is 2.69. The summed E-state index contributed by atoms with van der Waals surface area (Å²) in [5.74, 6) is -0.411. The van der Waals surface area contributed by atoms with Crippen molar-refractivity contribution in [1.82, 2.24) is 20.2 Å². The highest BCUT2D eigenvalue weighted by atomic mass is 79.9. The van der Waals surface area contributed by atoms with Gasteiger partial charge in [0, 0.05) is 9.89 Å². The molecule has 0 spiro atoms. The molecule has 1 aromatic heterocycles. The molecule has 100 valence electrons. The molecule has 0 aliphatic carbocycles. The lowest BCUT2D eigenvalue weighted by atomic mass is 9.95. The Morgan fingerprint density at radius 2 is 2.05 bits per heavy atom. The van der Waals surface area contributed by atoms with E-state index in [1.54, 1.807) is 12.1 Å². The van der Waals surface area contributed by atoms with Crippen LogP contribution in [0.2, 0.25) is 0 Å². The lowest BCUT2D eigenvalue weighted by Gasteiger charge is -2.18. The monoisotopic (exact) mass is 324 g/mol. The van der Waals surface area contributed by atoms with Crippen molar-refractivity contribution in [2.45, 2.75) is 26.2 Å². The number of halogens is 1. The first-order chi connectivity index (χ1) is 8.80. The summed E-state index contributed by atoms with van der Waals surface area (Å²) in [7, 11) is 0. The molecule has 0 unspecified atom stereocenters. The maximum absolute atomic E-state index is 11.3. The van der Waals surface area contributed by atoms with Gasteiger partial charge in [-0.1, -0.05) is 36.7 Å². The number of rotatable bonds is 2. The van der Waals surface area contributed by atoms with E-state index in [0.717, 1.165) is 4.47 Å². The normalized spacial score (nSPS) is 11.6. The average molecular weight is 325 g/mol. The number of carbonyl (C=O) groups is 1. The van der Waals surface area contributed by atoms with Gasteiger partial charge in [-0.25, -0.2) is 4.79 Å². The fourth-order valence-electron chi connectivity index (χ4n) is 1.68. The summed E-state index contributed by atoms with van der Waals surface area (Å²) in [5.41, 5.74) is 0.305. The van der Waals surface area contributed by atoms with Crippen molar-refractivity contribution in [3.63, 3.8) is 0 Å². The highest BCUT2D eigenvalue weighted by Gasteiger charge is 2.25. The molecule has 0 radical (unpaired) electrons. The highest BCUT2D eigenvalue weighted by molar-refractivity contribution is 9.10. The molecule has 1 N–H and O–H groups in total. The van der Waals surface area contributed by atoms with E-state index >= 15 is 0 Å². The molecule has 6 nitrogen and oxygen atoms in total. The van der Waals surface area contributed by atoms with Crippen LogP contribution in [-0.2, 0) is 5.41 Å². The molecule has 0 bridgehead atoms. The number of carboxylic acids is 1. The quantitative estimate of drug-likeness (QED) is 0.917. The Kier molecular flexibility index (Phi) is 3.40. The van der Waals surface area contributed by atoms with Gasteiger partial charge >= 0.3 is 5.97 Å². The van der Waals surface area contributed by atoms with Crippen LogP contribution in [0.3, 0.4) is 0 Å². The van der Waals surface area contributed by atoms with Gasteiger partial charge < -0.3 is 5.11 Å². The molecule has 0 amide bonds. The van der Waals surface area contributed by atoms with Crippen molar-refractivity contribution in [3.05, 3.63) is 34.1 Å². The SMILES string of the molecule is CC(C)(C)c1nnnn1-c1cc(Br)ccc1C(=O)O. The van der Waals surface area contributed by atoms with E-state index in [4.69, 9.17) is 0 Å². The molecule has 19 heavy (non-hydrogen) atoms. The lowest BCUT2D eigenvalue weighted by molar-refractivity contribution is 0.0696. The number of tetrazole rings is 1. The molecule has 0 aliphatic rings. The third-order valence-electron chi connectivity index (χ3n) is 2.56. The molecule has 2 aromatic rings. The van der Waals surface area contributed by atoms with Gasteiger partial charge in [-0.05, 0) is 28.6 Å². The van der Waals surface area contributed by atoms with Gasteiger partial charge in [0.05, 0.1) is 11.3 Å². The second-order valence-electron chi connectivity index (χ2n) is 5.13. The van der Waals surface area contributed by atoms with E-state index in [9.17, 15) is 9.90 Å². The molecule has 0 atom stereocenters. The number of nitrogens with zero attached hydrogens (tertiary/aromatic N) is 4. The molecule has 0 aliphatic heterocycles.